The molecule has 0 aromatic heterocycles. The van der Waals surface area contributed by atoms with Gasteiger partial charge in [0.2, 0.25) is 0 Å². The lowest BCUT2D eigenvalue weighted by atomic mass is 10.2. The highest BCUT2D eigenvalue weighted by Crippen LogP contribution is 2.12. The van der Waals surface area contributed by atoms with Crippen LogP contribution in [0.5, 0.6) is 0 Å². The van der Waals surface area contributed by atoms with E-state index in [0.717, 1.165) is 23.4 Å². The predicted molar refractivity (Wildman–Crippen MR) is 73.3 cm³/mol. The minimum Gasteiger partial charge on any atom is -0.310 e. The van der Waals surface area contributed by atoms with Crippen LogP contribution in [0.2, 0.25) is 0 Å². The maximum atomic E-state index is 4.32. The predicted octanol–water partition coefficient (Wildman–Crippen LogP) is 3.49. The van der Waals surface area contributed by atoms with E-state index in [9.17, 15) is 0 Å². The average molecular weight is 223 g/mol. The van der Waals surface area contributed by atoms with E-state index >= 15 is 0 Å². The van der Waals surface area contributed by atoms with Gasteiger partial charge in [0.25, 0.3) is 0 Å². The monoisotopic (exact) mass is 223 g/mol. The lowest BCUT2D eigenvalue weighted by molar-refractivity contribution is 0.637. The van der Waals surface area contributed by atoms with Gasteiger partial charge < -0.3 is 5.32 Å². The minimum atomic E-state index is 0.425. The summed E-state index contributed by atoms with van der Waals surface area (Å²) < 4.78 is 0. The molecule has 0 rings (SSSR count). The van der Waals surface area contributed by atoms with Crippen molar-refractivity contribution in [2.45, 2.75) is 26.3 Å². The van der Waals surface area contributed by atoms with Crippen LogP contribution in [0.3, 0.4) is 0 Å². The summed E-state index contributed by atoms with van der Waals surface area (Å²) in [6.45, 7) is 12.6. The molecule has 0 aromatic carbocycles. The fourth-order valence-electron chi connectivity index (χ4n) is 1.11. The molecule has 0 aliphatic carbocycles. The zero-order valence-electron chi connectivity index (χ0n) is 9.66. The summed E-state index contributed by atoms with van der Waals surface area (Å²) >= 11 is 4.32. The van der Waals surface area contributed by atoms with Crippen molar-refractivity contribution in [2.75, 3.05) is 6.54 Å². The van der Waals surface area contributed by atoms with Crippen LogP contribution in [0.25, 0.3) is 0 Å². The topological polar surface area (TPSA) is 12.0 Å². The molecule has 1 N–H and O–H groups in total. The van der Waals surface area contributed by atoms with Crippen LogP contribution in [0, 0.1) is 0 Å². The van der Waals surface area contributed by atoms with E-state index in [4.69, 9.17) is 0 Å². The maximum Gasteiger partial charge on any atom is 0.0221 e. The summed E-state index contributed by atoms with van der Waals surface area (Å²) in [4.78, 5) is 0.908. The molecular weight excluding hydrogens is 202 g/mol. The molecule has 0 aliphatic rings. The number of hydrogen-bond donors (Lipinski definition) is 2. The van der Waals surface area contributed by atoms with Crippen molar-refractivity contribution in [3.05, 3.63) is 47.9 Å². The van der Waals surface area contributed by atoms with Crippen molar-refractivity contribution in [3.63, 3.8) is 0 Å². The standard InChI is InChI=1S/C13H21NS/c1-5-8-12(4)14-10-7-9-13(15)11(3)6-2/h5-6,8-9,12,14-15H,2-3,7,10H2,1,4H3/b8-5-,13-9+. The van der Waals surface area contributed by atoms with Gasteiger partial charge in [0.05, 0.1) is 0 Å². The van der Waals surface area contributed by atoms with Crippen molar-refractivity contribution in [1.29, 1.82) is 0 Å². The molecule has 1 nitrogen and oxygen atoms in total. The molecule has 0 heterocycles. The fraction of sp³-hybridized carbons (Fsp3) is 0.385. The van der Waals surface area contributed by atoms with Gasteiger partial charge in [-0.05, 0) is 32.4 Å². The third kappa shape index (κ3) is 7.23. The number of thiol groups is 1. The highest BCUT2D eigenvalue weighted by Gasteiger charge is 1.94. The lowest BCUT2D eigenvalue weighted by Gasteiger charge is -2.07. The van der Waals surface area contributed by atoms with E-state index in [0.29, 0.717) is 6.04 Å². The second kappa shape index (κ2) is 8.57. The SMILES string of the molecule is C=CC(=C)/C(S)=C\CCNC(C)/C=C\C. The van der Waals surface area contributed by atoms with E-state index in [2.05, 4.69) is 56.3 Å². The Bertz CT molecular complexity index is 264. The molecule has 0 saturated heterocycles. The number of nitrogens with one attached hydrogen (secondary N) is 1. The summed E-state index contributed by atoms with van der Waals surface area (Å²) in [7, 11) is 0. The van der Waals surface area contributed by atoms with Crippen molar-refractivity contribution in [1.82, 2.24) is 5.32 Å². The number of hydrogen-bond acceptors (Lipinski definition) is 2. The van der Waals surface area contributed by atoms with Gasteiger partial charge >= 0.3 is 0 Å². The molecule has 0 radical (unpaired) electrons. The molecule has 1 atom stereocenters. The van der Waals surface area contributed by atoms with Gasteiger partial charge in [-0.1, -0.05) is 37.5 Å². The Morgan fingerprint density at radius 2 is 2.20 bits per heavy atom. The third-order valence-corrected chi connectivity index (χ3v) is 2.47. The van der Waals surface area contributed by atoms with Gasteiger partial charge in [0.1, 0.15) is 0 Å². The smallest absolute Gasteiger partial charge is 0.0221 e. The molecule has 15 heavy (non-hydrogen) atoms. The van der Waals surface area contributed by atoms with E-state index in [1.54, 1.807) is 6.08 Å². The van der Waals surface area contributed by atoms with E-state index in [-0.39, 0.29) is 0 Å². The molecule has 0 aliphatic heterocycles. The third-order valence-electron chi connectivity index (χ3n) is 2.00. The summed E-state index contributed by atoms with van der Waals surface area (Å²) in [6.07, 6.45) is 8.91. The van der Waals surface area contributed by atoms with Gasteiger partial charge in [0, 0.05) is 10.9 Å². The van der Waals surface area contributed by atoms with Crippen molar-refractivity contribution < 1.29 is 0 Å². The second-order valence-electron chi connectivity index (χ2n) is 3.38. The summed E-state index contributed by atoms with van der Waals surface area (Å²) in [5.41, 5.74) is 0.875. The van der Waals surface area contributed by atoms with Crippen LogP contribution in [0.15, 0.2) is 47.9 Å². The highest BCUT2D eigenvalue weighted by molar-refractivity contribution is 7.84. The Balaban J connectivity index is 3.78. The van der Waals surface area contributed by atoms with Crippen LogP contribution >= 0.6 is 12.6 Å². The molecule has 2 heteroatoms. The summed E-state index contributed by atoms with van der Waals surface area (Å²) in [5.74, 6) is 0. The molecule has 0 saturated carbocycles. The molecule has 0 fully saturated rings. The zero-order chi connectivity index (χ0) is 11.7. The Hall–Kier alpha value is -0.730. The van der Waals surface area contributed by atoms with Crippen LogP contribution in [-0.2, 0) is 0 Å². The van der Waals surface area contributed by atoms with E-state index in [1.807, 2.05) is 6.92 Å². The fourth-order valence-corrected chi connectivity index (χ4v) is 1.33. The largest absolute Gasteiger partial charge is 0.310 e. The first-order valence-corrected chi connectivity index (χ1v) is 5.63. The van der Waals surface area contributed by atoms with E-state index in [1.165, 1.54) is 0 Å². The Kier molecular flexibility index (Phi) is 8.15. The first-order chi connectivity index (χ1) is 7.11. The Labute approximate surface area is 99.1 Å². The molecular formula is C13H21NS. The van der Waals surface area contributed by atoms with Crippen molar-refractivity contribution in [2.24, 2.45) is 0 Å². The Morgan fingerprint density at radius 1 is 1.53 bits per heavy atom. The molecule has 1 unspecified atom stereocenters. The van der Waals surface area contributed by atoms with Crippen LogP contribution in [-0.4, -0.2) is 12.6 Å². The first kappa shape index (κ1) is 14.3. The molecule has 84 valence electrons. The van der Waals surface area contributed by atoms with Crippen LogP contribution in [0.1, 0.15) is 20.3 Å². The van der Waals surface area contributed by atoms with Gasteiger partial charge in [0.15, 0.2) is 0 Å². The average Bonchev–Trinajstić information content (AvgIpc) is 2.23. The second-order valence-corrected chi connectivity index (χ2v) is 3.86. The van der Waals surface area contributed by atoms with Crippen molar-refractivity contribution >= 4 is 12.6 Å². The normalized spacial score (nSPS) is 14.2. The zero-order valence-corrected chi connectivity index (χ0v) is 10.6. The van der Waals surface area contributed by atoms with Crippen LogP contribution < -0.4 is 5.32 Å². The molecule has 0 amide bonds. The molecule has 0 aromatic rings. The van der Waals surface area contributed by atoms with Crippen LogP contribution in [0.4, 0.5) is 0 Å². The maximum absolute atomic E-state index is 4.32. The van der Waals surface area contributed by atoms with Gasteiger partial charge in [-0.25, -0.2) is 0 Å². The van der Waals surface area contributed by atoms with Gasteiger partial charge in [-0.2, -0.15) is 0 Å². The number of allylic oxidation sites excluding steroid dienone is 3. The molecule has 0 spiro atoms. The lowest BCUT2D eigenvalue weighted by Crippen LogP contribution is -2.24. The van der Waals surface area contributed by atoms with Gasteiger partial charge in [-0.15, -0.1) is 12.6 Å². The number of rotatable bonds is 7. The molecule has 0 bridgehead atoms. The summed E-state index contributed by atoms with van der Waals surface area (Å²) in [5, 5.41) is 3.37. The quantitative estimate of drug-likeness (QED) is 0.291. The van der Waals surface area contributed by atoms with Gasteiger partial charge in [-0.3, -0.25) is 0 Å². The highest BCUT2D eigenvalue weighted by atomic mass is 32.1. The van der Waals surface area contributed by atoms with Crippen molar-refractivity contribution in [3.8, 4) is 0 Å². The Morgan fingerprint density at radius 3 is 2.73 bits per heavy atom. The first-order valence-electron chi connectivity index (χ1n) is 5.18. The summed E-state index contributed by atoms with van der Waals surface area (Å²) in [6, 6.07) is 0.425. The minimum absolute atomic E-state index is 0.425. The van der Waals surface area contributed by atoms with E-state index < -0.39 is 0 Å².